The lowest BCUT2D eigenvalue weighted by atomic mass is 9.81. The van der Waals surface area contributed by atoms with Crippen LogP contribution >= 0.6 is 22.6 Å². The molecule has 0 aliphatic heterocycles. The van der Waals surface area contributed by atoms with E-state index in [1.54, 1.807) is 124 Å². The van der Waals surface area contributed by atoms with Gasteiger partial charge in [-0.2, -0.15) is 0 Å². The highest BCUT2D eigenvalue weighted by atomic mass is 127. The fourth-order valence-corrected chi connectivity index (χ4v) is 6.75. The van der Waals surface area contributed by atoms with Gasteiger partial charge in [0.25, 0.3) is 0 Å². The largest absolute Gasteiger partial charge is 0.514 e. The van der Waals surface area contributed by atoms with Crippen molar-refractivity contribution >= 4 is 41.1 Å². The Kier molecular flexibility index (Phi) is 14.2. The number of carbonyl (C=O) groups excluding carboxylic acids is 3. The molecule has 0 saturated carbocycles. The van der Waals surface area contributed by atoms with E-state index in [0.29, 0.717) is 31.6 Å². The van der Waals surface area contributed by atoms with E-state index in [0.717, 1.165) is 16.7 Å². The highest BCUT2D eigenvalue weighted by Crippen LogP contribution is 2.47. The number of ether oxygens (including phenoxy) is 8. The monoisotopic (exact) mass is 946 g/mol. The van der Waals surface area contributed by atoms with Crippen molar-refractivity contribution in [3.63, 3.8) is 0 Å². The van der Waals surface area contributed by atoms with Crippen LogP contribution in [0.15, 0.2) is 97.1 Å². The zero-order valence-corrected chi connectivity index (χ0v) is 38.3. The molecule has 0 saturated heterocycles. The molecule has 5 aromatic rings. The lowest BCUT2D eigenvalue weighted by Gasteiger charge is -2.26. The van der Waals surface area contributed by atoms with E-state index in [-0.39, 0.29) is 28.7 Å². The predicted molar refractivity (Wildman–Crippen MR) is 239 cm³/mol. The number of hydrogen-bond donors (Lipinski definition) is 1. The second kappa shape index (κ2) is 18.8. The molecule has 0 radical (unpaired) electrons. The van der Waals surface area contributed by atoms with Crippen molar-refractivity contribution in [3.05, 3.63) is 117 Å². The van der Waals surface area contributed by atoms with Crippen molar-refractivity contribution in [1.29, 1.82) is 0 Å². The third kappa shape index (κ3) is 12.8. The summed E-state index contributed by atoms with van der Waals surface area (Å²) in [6, 6.07) is 28.4. The van der Waals surface area contributed by atoms with Crippen LogP contribution in [-0.2, 0) is 14.2 Å². The van der Waals surface area contributed by atoms with Gasteiger partial charge in [-0.1, -0.05) is 36.4 Å². The molecule has 0 bridgehead atoms. The van der Waals surface area contributed by atoms with Gasteiger partial charge in [-0.25, -0.2) is 14.4 Å². The van der Waals surface area contributed by atoms with E-state index in [4.69, 9.17) is 37.9 Å². The third-order valence-electron chi connectivity index (χ3n) is 8.61. The summed E-state index contributed by atoms with van der Waals surface area (Å²) in [4.78, 5) is 39.3. The molecule has 5 aromatic carbocycles. The Morgan fingerprint density at radius 1 is 0.492 bits per heavy atom. The summed E-state index contributed by atoms with van der Waals surface area (Å²) in [5, 5.41) is 11.0. The smallest absolute Gasteiger partial charge is 0.504 e. The molecule has 0 fully saturated rings. The zero-order valence-electron chi connectivity index (χ0n) is 36.1. The Bertz CT molecular complexity index is 2370. The molecule has 5 rings (SSSR count). The molecule has 1 atom stereocenters. The molecular formula is C48H51IO12. The number of aromatic hydroxyl groups is 1. The molecule has 0 spiro atoms. The van der Waals surface area contributed by atoms with E-state index in [9.17, 15) is 19.5 Å². The van der Waals surface area contributed by atoms with Crippen molar-refractivity contribution in [2.24, 2.45) is 0 Å². The molecule has 322 valence electrons. The fraction of sp³-hybridized carbons (Fsp3) is 0.312. The zero-order chi connectivity index (χ0) is 44.9. The lowest BCUT2D eigenvalue weighted by Crippen LogP contribution is -2.27. The number of phenolic OH excluding ortho intramolecular Hbond substituents is 1. The van der Waals surface area contributed by atoms with Crippen LogP contribution in [0, 0.1) is 3.57 Å². The number of benzene rings is 5. The van der Waals surface area contributed by atoms with E-state index in [1.807, 2.05) is 65.1 Å². The highest BCUT2D eigenvalue weighted by molar-refractivity contribution is 14.1. The first kappa shape index (κ1) is 46.1. The molecule has 13 heteroatoms. The summed E-state index contributed by atoms with van der Waals surface area (Å²) in [6.07, 6.45) is -2.72. The SMILES string of the molecule is COc1ccc(-c2ccc(OC(=O)OC(C)(C)C)c(C(c3cc(I)c(O)c(OC)c3)c3cc(-c4ccc(OC(=O)OC(C)(C)C)cc4)ccc3OC(=O)OC(C)(C)C)c2)cc1. The average Bonchev–Trinajstić information content (AvgIpc) is 3.15. The molecule has 0 aromatic heterocycles. The minimum atomic E-state index is -0.945. The molecule has 0 amide bonds. The first-order valence-corrected chi connectivity index (χ1v) is 20.4. The summed E-state index contributed by atoms with van der Waals surface area (Å²) in [5.41, 5.74) is 2.00. The molecule has 0 aliphatic rings. The number of phenols is 1. The lowest BCUT2D eigenvalue weighted by molar-refractivity contribution is 0.0191. The topological polar surface area (TPSA) is 145 Å². The van der Waals surface area contributed by atoms with Crippen LogP contribution in [0.3, 0.4) is 0 Å². The first-order valence-electron chi connectivity index (χ1n) is 19.3. The molecule has 1 N–H and O–H groups in total. The van der Waals surface area contributed by atoms with Crippen LogP contribution in [0.25, 0.3) is 22.3 Å². The summed E-state index contributed by atoms with van der Waals surface area (Å²) < 4.78 is 45.5. The van der Waals surface area contributed by atoms with Gasteiger partial charge >= 0.3 is 18.5 Å². The van der Waals surface area contributed by atoms with Crippen molar-refractivity contribution in [2.75, 3.05) is 14.2 Å². The fourth-order valence-electron chi connectivity index (χ4n) is 6.12. The minimum absolute atomic E-state index is 0.0736. The van der Waals surface area contributed by atoms with Crippen molar-refractivity contribution in [3.8, 4) is 56.8 Å². The Labute approximate surface area is 370 Å². The highest BCUT2D eigenvalue weighted by Gasteiger charge is 2.31. The molecule has 0 aliphatic carbocycles. The van der Waals surface area contributed by atoms with E-state index < -0.39 is 41.2 Å². The summed E-state index contributed by atoms with van der Waals surface area (Å²) in [6.45, 7) is 15.6. The Hall–Kier alpha value is -5.96. The van der Waals surface area contributed by atoms with Crippen molar-refractivity contribution in [2.45, 2.75) is 85.0 Å². The van der Waals surface area contributed by atoms with Gasteiger partial charge in [0.05, 0.1) is 17.8 Å². The van der Waals surface area contributed by atoms with Crippen LogP contribution in [0.4, 0.5) is 14.4 Å². The Morgan fingerprint density at radius 2 is 0.885 bits per heavy atom. The van der Waals surface area contributed by atoms with Crippen molar-refractivity contribution < 1.29 is 57.4 Å². The van der Waals surface area contributed by atoms with Crippen LogP contribution in [0.2, 0.25) is 0 Å². The Balaban J connectivity index is 1.79. The van der Waals surface area contributed by atoms with Crippen molar-refractivity contribution in [1.82, 2.24) is 0 Å². The maximum absolute atomic E-state index is 13.4. The van der Waals surface area contributed by atoms with E-state index >= 15 is 0 Å². The van der Waals surface area contributed by atoms with Crippen LogP contribution in [-0.4, -0.2) is 54.6 Å². The number of methoxy groups -OCH3 is 2. The Morgan fingerprint density at radius 3 is 1.28 bits per heavy atom. The van der Waals surface area contributed by atoms with Crippen LogP contribution < -0.4 is 23.7 Å². The second-order valence-corrected chi connectivity index (χ2v) is 18.1. The molecule has 1 unspecified atom stereocenters. The predicted octanol–water partition coefficient (Wildman–Crippen LogP) is 12.5. The van der Waals surface area contributed by atoms with Gasteiger partial charge in [-0.3, -0.25) is 0 Å². The summed E-state index contributed by atoms with van der Waals surface area (Å²) in [7, 11) is 3.03. The van der Waals surface area contributed by atoms with E-state index in [2.05, 4.69) is 0 Å². The summed E-state index contributed by atoms with van der Waals surface area (Å²) in [5.74, 6) is 0.443. The van der Waals surface area contributed by atoms with Gasteiger partial charge in [0.2, 0.25) is 0 Å². The quantitative estimate of drug-likeness (QED) is 0.0467. The number of carbonyl (C=O) groups is 3. The number of halogens is 1. The average molecular weight is 947 g/mol. The van der Waals surface area contributed by atoms with Gasteiger partial charge in [0.1, 0.15) is 39.8 Å². The third-order valence-corrected chi connectivity index (χ3v) is 9.44. The molecular weight excluding hydrogens is 895 g/mol. The molecule has 0 heterocycles. The summed E-state index contributed by atoms with van der Waals surface area (Å²) >= 11 is 2.02. The van der Waals surface area contributed by atoms with Gasteiger partial charge in [-0.05, 0) is 173 Å². The van der Waals surface area contributed by atoms with E-state index in [1.165, 1.54) is 7.11 Å². The van der Waals surface area contributed by atoms with Gasteiger partial charge in [-0.15, -0.1) is 0 Å². The van der Waals surface area contributed by atoms with Crippen LogP contribution in [0.5, 0.6) is 34.5 Å². The second-order valence-electron chi connectivity index (χ2n) is 16.9. The van der Waals surface area contributed by atoms with Gasteiger partial charge in [0, 0.05) is 17.0 Å². The van der Waals surface area contributed by atoms with Gasteiger partial charge < -0.3 is 43.0 Å². The van der Waals surface area contributed by atoms with Crippen LogP contribution in [0.1, 0.15) is 84.9 Å². The molecule has 61 heavy (non-hydrogen) atoms. The number of rotatable bonds is 10. The normalized spacial score (nSPS) is 12.1. The maximum atomic E-state index is 13.4. The maximum Gasteiger partial charge on any atom is 0.514 e. The van der Waals surface area contributed by atoms with Gasteiger partial charge in [0.15, 0.2) is 11.5 Å². The molecule has 12 nitrogen and oxygen atoms in total. The first-order chi connectivity index (χ1) is 28.5. The minimum Gasteiger partial charge on any atom is -0.504 e. The standard InChI is InChI=1S/C48H51IO12/c1-46(2,3)59-43(51)56-34-20-14-29(15-21-34)31-17-23-39(58-45(53)61-48(7,8)9)36(25-31)41(32-26-37(49)42(50)40(27-32)55-11)35-24-30(28-12-18-33(54-10)19-13-28)16-22-38(35)57-44(52)60-47(4,5)6/h12-27,41,50H,1-11H3. The number of hydrogen-bond acceptors (Lipinski definition) is 12.